The van der Waals surface area contributed by atoms with E-state index in [0.717, 1.165) is 0 Å². The molecule has 0 aromatic heterocycles. The van der Waals surface area contributed by atoms with E-state index >= 15 is 0 Å². The largest absolute Gasteiger partial charge is 0.478 e. The van der Waals surface area contributed by atoms with E-state index in [0.29, 0.717) is 0 Å². The minimum atomic E-state index is -1.11. The molecule has 1 aromatic rings. The van der Waals surface area contributed by atoms with Gasteiger partial charge in [-0.25, -0.2) is 4.79 Å². The molecule has 0 bridgehead atoms. The number of primary amides is 1. The number of ether oxygens (including phenoxy) is 1. The van der Waals surface area contributed by atoms with Crippen molar-refractivity contribution in [3.63, 3.8) is 0 Å². The van der Waals surface area contributed by atoms with Gasteiger partial charge in [-0.15, -0.1) is 0 Å². The second-order valence-corrected chi connectivity index (χ2v) is 3.07. The zero-order valence-corrected chi connectivity index (χ0v) is 9.75. The Bertz CT molecular complexity index is 445. The number of amides is 1. The molecule has 0 aliphatic carbocycles. The summed E-state index contributed by atoms with van der Waals surface area (Å²) in [5.74, 6) is -2.04. The summed E-state index contributed by atoms with van der Waals surface area (Å²) >= 11 is 0. The first-order valence-electron chi connectivity index (χ1n) is 4.87. The van der Waals surface area contributed by atoms with Gasteiger partial charge in [-0.2, -0.15) is 0 Å². The molecule has 18 heavy (non-hydrogen) atoms. The van der Waals surface area contributed by atoms with Gasteiger partial charge < -0.3 is 21.3 Å². The average Bonchev–Trinajstić information content (AvgIpc) is 2.29. The number of para-hydroxylation sites is 1. The first-order valence-corrected chi connectivity index (χ1v) is 4.87. The van der Waals surface area contributed by atoms with E-state index in [1.807, 2.05) is 0 Å². The average molecular weight is 254 g/mol. The highest BCUT2D eigenvalue weighted by atomic mass is 16.5. The maximum atomic E-state index is 10.6. The zero-order chi connectivity index (χ0) is 14.1. The smallest absolute Gasteiger partial charge is 0.339 e. The van der Waals surface area contributed by atoms with Crippen molar-refractivity contribution in [3.8, 4) is 5.75 Å². The summed E-state index contributed by atoms with van der Waals surface area (Å²) in [6.45, 7) is 1.17. The van der Waals surface area contributed by atoms with Crippen LogP contribution >= 0.6 is 0 Å². The summed E-state index contributed by atoms with van der Waals surface area (Å²) in [6, 6.07) is 5.98. The maximum absolute atomic E-state index is 10.6. The molecule has 0 fully saturated rings. The fourth-order valence-corrected chi connectivity index (χ4v) is 0.887. The highest BCUT2D eigenvalue weighted by Crippen LogP contribution is 2.17. The molecule has 1 amide bonds. The van der Waals surface area contributed by atoms with Crippen LogP contribution in [0.1, 0.15) is 17.3 Å². The molecular formula is C11H14N2O5. The van der Waals surface area contributed by atoms with Gasteiger partial charge in [-0.1, -0.05) is 12.1 Å². The summed E-state index contributed by atoms with van der Waals surface area (Å²) in [7, 11) is 0. The molecule has 0 unspecified atom stereocenters. The summed E-state index contributed by atoms with van der Waals surface area (Å²) in [4.78, 5) is 30.7. The summed E-state index contributed by atoms with van der Waals surface area (Å²) in [5.41, 5.74) is 9.21. The highest BCUT2D eigenvalue weighted by molar-refractivity contribution is 5.91. The van der Waals surface area contributed by atoms with Gasteiger partial charge in [0.15, 0.2) is 0 Å². The molecule has 0 atom stereocenters. The number of carbonyl (C=O) groups is 3. The van der Waals surface area contributed by atoms with Gasteiger partial charge in [0.05, 0.1) is 6.54 Å². The number of benzene rings is 1. The third kappa shape index (κ3) is 6.23. The topological polar surface area (TPSA) is 133 Å². The lowest BCUT2D eigenvalue weighted by atomic mass is 10.2. The predicted octanol–water partition coefficient (Wildman–Crippen LogP) is -0.259. The Morgan fingerprint density at radius 2 is 1.78 bits per heavy atom. The SMILES string of the molecule is CC(=O)Oc1ccccc1C(=O)O.NCC(N)=O. The molecule has 7 heteroatoms. The summed E-state index contributed by atoms with van der Waals surface area (Å²) in [5, 5.41) is 8.69. The second kappa shape index (κ2) is 7.80. The standard InChI is InChI=1S/C9H8O4.C2H6N2O/c1-6(10)13-8-5-3-2-4-7(8)9(11)12;3-1-2(4)5/h2-5H,1H3,(H,11,12);1,3H2,(H2,4,5). The number of rotatable bonds is 3. The summed E-state index contributed by atoms with van der Waals surface area (Å²) < 4.78 is 4.69. The van der Waals surface area contributed by atoms with Gasteiger partial charge in [-0.3, -0.25) is 9.59 Å². The van der Waals surface area contributed by atoms with E-state index in [2.05, 4.69) is 10.5 Å². The molecule has 0 heterocycles. The molecule has 5 N–H and O–H groups in total. The third-order valence-corrected chi connectivity index (χ3v) is 1.57. The number of hydrogen-bond acceptors (Lipinski definition) is 5. The number of hydrogen-bond donors (Lipinski definition) is 3. The third-order valence-electron chi connectivity index (χ3n) is 1.57. The van der Waals surface area contributed by atoms with Crippen molar-refractivity contribution in [2.24, 2.45) is 11.5 Å². The first-order chi connectivity index (χ1) is 8.38. The van der Waals surface area contributed by atoms with Crippen molar-refractivity contribution >= 4 is 17.8 Å². The van der Waals surface area contributed by atoms with Crippen LogP contribution in [-0.4, -0.2) is 29.5 Å². The Kier molecular flexibility index (Phi) is 6.75. The number of carbonyl (C=O) groups excluding carboxylic acids is 2. The highest BCUT2D eigenvalue weighted by Gasteiger charge is 2.10. The lowest BCUT2D eigenvalue weighted by Gasteiger charge is -2.03. The van der Waals surface area contributed by atoms with Gasteiger partial charge in [-0.05, 0) is 12.1 Å². The predicted molar refractivity (Wildman–Crippen MR) is 63.0 cm³/mol. The van der Waals surface area contributed by atoms with E-state index in [1.165, 1.54) is 19.1 Å². The molecule has 0 aliphatic heterocycles. The number of aromatic carboxylic acids is 1. The lowest BCUT2D eigenvalue weighted by molar-refractivity contribution is -0.131. The van der Waals surface area contributed by atoms with E-state index < -0.39 is 17.8 Å². The molecule has 7 nitrogen and oxygen atoms in total. The van der Waals surface area contributed by atoms with Crippen molar-refractivity contribution in [1.82, 2.24) is 0 Å². The Morgan fingerprint density at radius 3 is 2.17 bits per heavy atom. The monoisotopic (exact) mass is 254 g/mol. The molecule has 0 radical (unpaired) electrons. The van der Waals surface area contributed by atoms with Crippen LogP contribution in [0.4, 0.5) is 0 Å². The summed E-state index contributed by atoms with van der Waals surface area (Å²) in [6.07, 6.45) is 0. The Morgan fingerprint density at radius 1 is 1.28 bits per heavy atom. The van der Waals surface area contributed by atoms with Crippen LogP contribution in [0, 0.1) is 0 Å². The van der Waals surface area contributed by atoms with Gasteiger partial charge in [0.2, 0.25) is 5.91 Å². The van der Waals surface area contributed by atoms with Crippen LogP contribution in [0.15, 0.2) is 24.3 Å². The van der Waals surface area contributed by atoms with Crippen molar-refractivity contribution in [2.45, 2.75) is 6.92 Å². The molecule has 0 saturated heterocycles. The van der Waals surface area contributed by atoms with E-state index in [4.69, 9.17) is 10.8 Å². The Balaban J connectivity index is 0.000000494. The Hall–Kier alpha value is -2.41. The molecule has 0 aliphatic rings. The molecule has 1 aromatic carbocycles. The van der Waals surface area contributed by atoms with Crippen molar-refractivity contribution in [3.05, 3.63) is 29.8 Å². The van der Waals surface area contributed by atoms with E-state index in [-0.39, 0.29) is 17.9 Å². The van der Waals surface area contributed by atoms with Crippen LogP contribution in [-0.2, 0) is 9.59 Å². The van der Waals surface area contributed by atoms with Gasteiger partial charge in [0, 0.05) is 6.92 Å². The molecular weight excluding hydrogens is 240 g/mol. The lowest BCUT2D eigenvalue weighted by Crippen LogP contribution is -2.21. The van der Waals surface area contributed by atoms with Gasteiger partial charge >= 0.3 is 11.9 Å². The van der Waals surface area contributed by atoms with Crippen molar-refractivity contribution < 1.29 is 24.2 Å². The second-order valence-electron chi connectivity index (χ2n) is 3.07. The van der Waals surface area contributed by atoms with Crippen LogP contribution in [0.25, 0.3) is 0 Å². The minimum Gasteiger partial charge on any atom is -0.478 e. The van der Waals surface area contributed by atoms with Gasteiger partial charge in [0.25, 0.3) is 0 Å². The number of esters is 1. The van der Waals surface area contributed by atoms with E-state index in [9.17, 15) is 14.4 Å². The quantitative estimate of drug-likeness (QED) is 0.502. The maximum Gasteiger partial charge on any atom is 0.339 e. The van der Waals surface area contributed by atoms with E-state index in [1.54, 1.807) is 12.1 Å². The number of nitrogens with two attached hydrogens (primary N) is 2. The Labute approximate surface area is 103 Å². The number of carboxylic acids is 1. The molecule has 0 saturated carbocycles. The van der Waals surface area contributed by atoms with Gasteiger partial charge in [0.1, 0.15) is 11.3 Å². The molecule has 0 spiro atoms. The van der Waals surface area contributed by atoms with Crippen LogP contribution in [0.5, 0.6) is 5.75 Å². The fraction of sp³-hybridized carbons (Fsp3) is 0.182. The van der Waals surface area contributed by atoms with Crippen LogP contribution in [0.2, 0.25) is 0 Å². The van der Waals surface area contributed by atoms with Crippen molar-refractivity contribution in [2.75, 3.05) is 6.54 Å². The number of carboxylic acid groups (broad SMARTS) is 1. The normalized spacial score (nSPS) is 8.78. The van der Waals surface area contributed by atoms with Crippen LogP contribution < -0.4 is 16.2 Å². The molecule has 98 valence electrons. The van der Waals surface area contributed by atoms with Crippen LogP contribution in [0.3, 0.4) is 0 Å². The minimum absolute atomic E-state index is 0.0160. The fourth-order valence-electron chi connectivity index (χ4n) is 0.887. The molecule has 1 rings (SSSR count). The first kappa shape index (κ1) is 15.6. The zero-order valence-electron chi connectivity index (χ0n) is 9.75. The van der Waals surface area contributed by atoms with Crippen molar-refractivity contribution in [1.29, 1.82) is 0 Å².